The Balaban J connectivity index is 0.00000120. The summed E-state index contributed by atoms with van der Waals surface area (Å²) < 4.78 is 10.4. The lowest BCUT2D eigenvalue weighted by Crippen LogP contribution is -2.56. The summed E-state index contributed by atoms with van der Waals surface area (Å²) in [4.78, 5) is 11.9. The molecule has 2 aliphatic rings. The molecule has 3 N–H and O–H groups in total. The number of hydrogen-bond acceptors (Lipinski definition) is 4. The fourth-order valence-electron chi connectivity index (χ4n) is 2.01. The van der Waals surface area contributed by atoms with Gasteiger partial charge in [-0.05, 0) is 31.4 Å². The third kappa shape index (κ3) is 2.11. The van der Waals surface area contributed by atoms with E-state index in [0.29, 0.717) is 17.2 Å². The van der Waals surface area contributed by atoms with Crippen LogP contribution in [0, 0.1) is 0 Å². The van der Waals surface area contributed by atoms with Crippen molar-refractivity contribution in [1.82, 2.24) is 0 Å². The van der Waals surface area contributed by atoms with Crippen molar-refractivity contribution in [2.24, 2.45) is 5.73 Å². The van der Waals surface area contributed by atoms with Crippen LogP contribution < -0.4 is 20.5 Å². The molecular formula is C12H15ClN2O3. The first kappa shape index (κ1) is 13.0. The van der Waals surface area contributed by atoms with E-state index in [1.54, 1.807) is 18.2 Å². The predicted molar refractivity (Wildman–Crippen MR) is 69.2 cm³/mol. The van der Waals surface area contributed by atoms with E-state index >= 15 is 0 Å². The number of carbonyl (C=O) groups is 1. The van der Waals surface area contributed by atoms with Crippen molar-refractivity contribution >= 4 is 24.0 Å². The van der Waals surface area contributed by atoms with Crippen molar-refractivity contribution in [3.8, 4) is 11.5 Å². The summed E-state index contributed by atoms with van der Waals surface area (Å²) in [6, 6.07) is 5.32. The van der Waals surface area contributed by atoms with E-state index in [1.165, 1.54) is 0 Å². The molecule has 5 nitrogen and oxygen atoms in total. The van der Waals surface area contributed by atoms with Crippen LogP contribution in [0.15, 0.2) is 18.2 Å². The van der Waals surface area contributed by atoms with Gasteiger partial charge in [0.15, 0.2) is 11.5 Å². The molecule has 0 atom stereocenters. The maximum Gasteiger partial charge on any atom is 0.244 e. The summed E-state index contributed by atoms with van der Waals surface area (Å²) in [6.45, 7) is 0.230. The number of nitrogens with two attached hydrogens (primary N) is 1. The van der Waals surface area contributed by atoms with Crippen LogP contribution in [0.4, 0.5) is 5.69 Å². The molecule has 0 saturated heterocycles. The highest BCUT2D eigenvalue weighted by molar-refractivity contribution is 5.98. The van der Waals surface area contributed by atoms with Crippen LogP contribution in [-0.2, 0) is 4.79 Å². The number of anilines is 1. The summed E-state index contributed by atoms with van der Waals surface area (Å²) in [5.74, 6) is 1.24. The maximum absolute atomic E-state index is 11.9. The molecule has 1 aliphatic heterocycles. The van der Waals surface area contributed by atoms with Crippen LogP contribution in [0.5, 0.6) is 11.5 Å². The van der Waals surface area contributed by atoms with E-state index in [9.17, 15) is 4.79 Å². The number of hydrogen-bond donors (Lipinski definition) is 2. The van der Waals surface area contributed by atoms with Gasteiger partial charge >= 0.3 is 0 Å². The number of rotatable bonds is 2. The molecule has 0 unspecified atom stereocenters. The summed E-state index contributed by atoms with van der Waals surface area (Å²) in [6.07, 6.45) is 2.53. The Kier molecular flexibility index (Phi) is 3.36. The topological polar surface area (TPSA) is 73.6 Å². The molecule has 98 valence electrons. The van der Waals surface area contributed by atoms with Crippen LogP contribution in [-0.4, -0.2) is 18.2 Å². The van der Waals surface area contributed by atoms with Crippen molar-refractivity contribution < 1.29 is 14.3 Å². The average molecular weight is 271 g/mol. The lowest BCUT2D eigenvalue weighted by Gasteiger charge is -2.36. The molecule has 6 heteroatoms. The van der Waals surface area contributed by atoms with Gasteiger partial charge in [0.05, 0.1) is 5.54 Å². The summed E-state index contributed by atoms with van der Waals surface area (Å²) in [5, 5.41) is 2.81. The number of halogens is 1. The number of ether oxygens (including phenoxy) is 2. The predicted octanol–water partition coefficient (Wildman–Crippen LogP) is 1.66. The van der Waals surface area contributed by atoms with Gasteiger partial charge in [-0.2, -0.15) is 0 Å². The Morgan fingerprint density at radius 3 is 2.67 bits per heavy atom. The molecule has 18 heavy (non-hydrogen) atoms. The fraction of sp³-hybridized carbons (Fsp3) is 0.417. The molecular weight excluding hydrogens is 256 g/mol. The number of fused-ring (bicyclic) bond motifs is 1. The van der Waals surface area contributed by atoms with Gasteiger partial charge in [-0.15, -0.1) is 12.4 Å². The fourth-order valence-corrected chi connectivity index (χ4v) is 2.01. The normalized spacial score (nSPS) is 18.5. The van der Waals surface area contributed by atoms with Gasteiger partial charge in [0.2, 0.25) is 12.7 Å². The average Bonchev–Trinajstić information content (AvgIpc) is 2.73. The largest absolute Gasteiger partial charge is 0.454 e. The Hall–Kier alpha value is -1.46. The van der Waals surface area contributed by atoms with Gasteiger partial charge in [-0.25, -0.2) is 0 Å². The quantitative estimate of drug-likeness (QED) is 0.857. The minimum absolute atomic E-state index is 0. The van der Waals surface area contributed by atoms with E-state index in [2.05, 4.69) is 5.32 Å². The zero-order chi connectivity index (χ0) is 11.9. The Bertz CT molecular complexity index is 474. The van der Waals surface area contributed by atoms with Gasteiger partial charge in [0.25, 0.3) is 0 Å². The Labute approximate surface area is 111 Å². The standard InChI is InChI=1S/C12H14N2O3.ClH/c13-12(4-1-5-12)11(15)14-8-2-3-9-10(6-8)17-7-16-9;/h2-3,6H,1,4-5,7,13H2,(H,14,15);1H. The van der Waals surface area contributed by atoms with Gasteiger partial charge in [0.1, 0.15) is 0 Å². The Morgan fingerprint density at radius 2 is 2.00 bits per heavy atom. The van der Waals surface area contributed by atoms with E-state index in [4.69, 9.17) is 15.2 Å². The first-order valence-electron chi connectivity index (χ1n) is 5.67. The van der Waals surface area contributed by atoms with Crippen molar-refractivity contribution in [2.45, 2.75) is 24.8 Å². The molecule has 0 radical (unpaired) electrons. The van der Waals surface area contributed by atoms with Crippen LogP contribution in [0.1, 0.15) is 19.3 Å². The number of carbonyl (C=O) groups excluding carboxylic acids is 1. The highest BCUT2D eigenvalue weighted by Crippen LogP contribution is 2.35. The summed E-state index contributed by atoms with van der Waals surface area (Å²) >= 11 is 0. The first-order chi connectivity index (χ1) is 8.17. The lowest BCUT2D eigenvalue weighted by molar-refractivity contribution is -0.123. The third-order valence-electron chi connectivity index (χ3n) is 3.33. The SMILES string of the molecule is Cl.NC1(C(=O)Nc2ccc3c(c2)OCO3)CCC1. The van der Waals surface area contributed by atoms with Crippen LogP contribution in [0.3, 0.4) is 0 Å². The van der Waals surface area contributed by atoms with Crippen molar-refractivity contribution in [2.75, 3.05) is 12.1 Å². The lowest BCUT2D eigenvalue weighted by atomic mass is 9.77. The minimum Gasteiger partial charge on any atom is -0.454 e. The highest BCUT2D eigenvalue weighted by Gasteiger charge is 2.40. The third-order valence-corrected chi connectivity index (χ3v) is 3.33. The van der Waals surface area contributed by atoms with Crippen molar-refractivity contribution in [3.05, 3.63) is 18.2 Å². The zero-order valence-corrected chi connectivity index (χ0v) is 10.6. The zero-order valence-electron chi connectivity index (χ0n) is 9.77. The second-order valence-corrected chi connectivity index (χ2v) is 4.53. The van der Waals surface area contributed by atoms with Crippen LogP contribution in [0.25, 0.3) is 0 Å². The molecule has 3 rings (SSSR count). The summed E-state index contributed by atoms with van der Waals surface area (Å²) in [5.41, 5.74) is 5.95. The number of nitrogens with one attached hydrogen (secondary N) is 1. The van der Waals surface area contributed by atoms with E-state index in [-0.39, 0.29) is 25.1 Å². The van der Waals surface area contributed by atoms with Gasteiger partial charge in [-0.3, -0.25) is 4.79 Å². The van der Waals surface area contributed by atoms with Gasteiger partial charge in [-0.1, -0.05) is 0 Å². The molecule has 0 spiro atoms. The van der Waals surface area contributed by atoms with Crippen LogP contribution >= 0.6 is 12.4 Å². The molecule has 1 aromatic carbocycles. The molecule has 1 heterocycles. The monoisotopic (exact) mass is 270 g/mol. The van der Waals surface area contributed by atoms with Gasteiger partial charge in [0, 0.05) is 11.8 Å². The number of benzene rings is 1. The van der Waals surface area contributed by atoms with Gasteiger partial charge < -0.3 is 20.5 Å². The molecule has 1 fully saturated rings. The highest BCUT2D eigenvalue weighted by atomic mass is 35.5. The van der Waals surface area contributed by atoms with Crippen molar-refractivity contribution in [3.63, 3.8) is 0 Å². The molecule has 1 aliphatic carbocycles. The van der Waals surface area contributed by atoms with E-state index in [0.717, 1.165) is 19.3 Å². The smallest absolute Gasteiger partial charge is 0.244 e. The Morgan fingerprint density at radius 1 is 1.28 bits per heavy atom. The van der Waals surface area contributed by atoms with Crippen molar-refractivity contribution in [1.29, 1.82) is 0 Å². The molecule has 1 aromatic rings. The summed E-state index contributed by atoms with van der Waals surface area (Å²) in [7, 11) is 0. The minimum atomic E-state index is -0.684. The van der Waals surface area contributed by atoms with E-state index in [1.807, 2.05) is 0 Å². The molecule has 0 bridgehead atoms. The maximum atomic E-state index is 11.9. The number of amides is 1. The molecule has 0 aromatic heterocycles. The van der Waals surface area contributed by atoms with Crippen LogP contribution in [0.2, 0.25) is 0 Å². The first-order valence-corrected chi connectivity index (χ1v) is 5.67. The second-order valence-electron chi connectivity index (χ2n) is 4.53. The molecule has 1 amide bonds. The molecule has 1 saturated carbocycles. The second kappa shape index (κ2) is 4.66. The van der Waals surface area contributed by atoms with E-state index < -0.39 is 5.54 Å².